The van der Waals surface area contributed by atoms with Gasteiger partial charge in [0.15, 0.2) is 5.17 Å². The van der Waals surface area contributed by atoms with E-state index < -0.39 is 0 Å². The minimum atomic E-state index is 0.374. The lowest BCUT2D eigenvalue weighted by atomic mass is 10.2. The highest BCUT2D eigenvalue weighted by Crippen LogP contribution is 2.24. The van der Waals surface area contributed by atoms with Crippen molar-refractivity contribution in [3.8, 4) is 10.6 Å². The summed E-state index contributed by atoms with van der Waals surface area (Å²) in [4.78, 5) is 4.53. The summed E-state index contributed by atoms with van der Waals surface area (Å²) in [6, 6.07) is 10.1. The number of amidine groups is 1. The molecule has 1 aromatic carbocycles. The molecular weight excluding hydrogens is 252 g/mol. The van der Waals surface area contributed by atoms with E-state index in [0.29, 0.717) is 10.9 Å². The van der Waals surface area contributed by atoms with Gasteiger partial charge in [0.05, 0.1) is 5.69 Å². The van der Waals surface area contributed by atoms with Gasteiger partial charge in [-0.25, -0.2) is 4.98 Å². The highest BCUT2D eigenvalue weighted by molar-refractivity contribution is 8.13. The number of nitrogens with zero attached hydrogens (tertiary/aromatic N) is 2. The molecule has 0 aliphatic rings. The van der Waals surface area contributed by atoms with Gasteiger partial charge >= 0.3 is 0 Å². The molecule has 0 aliphatic heterocycles. The Kier molecular flexibility index (Phi) is 4.00. The molecule has 0 unspecified atom stereocenters. The molecule has 2 aromatic rings. The molecule has 0 bridgehead atoms. The van der Waals surface area contributed by atoms with Crippen molar-refractivity contribution in [1.82, 2.24) is 4.98 Å². The molecule has 88 valence electrons. The Morgan fingerprint density at radius 2 is 2.12 bits per heavy atom. The summed E-state index contributed by atoms with van der Waals surface area (Å²) in [6.07, 6.45) is 0. The van der Waals surface area contributed by atoms with E-state index in [2.05, 4.69) is 10.1 Å². The van der Waals surface area contributed by atoms with E-state index in [1.54, 1.807) is 11.3 Å². The molecule has 0 amide bonds. The minimum Gasteiger partial charge on any atom is -0.377 e. The van der Waals surface area contributed by atoms with Gasteiger partial charge in [0.2, 0.25) is 0 Å². The van der Waals surface area contributed by atoms with E-state index in [-0.39, 0.29) is 0 Å². The number of thiazole rings is 1. The van der Waals surface area contributed by atoms with Crippen molar-refractivity contribution >= 4 is 28.3 Å². The molecule has 0 saturated heterocycles. The SMILES string of the molecule is NN=C(N)SCc1csc(-c2ccccc2)n1. The molecule has 2 rings (SSSR count). The molecule has 17 heavy (non-hydrogen) atoms. The summed E-state index contributed by atoms with van der Waals surface area (Å²) in [5.41, 5.74) is 7.63. The molecule has 0 fully saturated rings. The number of hydrazone groups is 1. The minimum absolute atomic E-state index is 0.374. The van der Waals surface area contributed by atoms with Gasteiger partial charge in [-0.3, -0.25) is 0 Å². The lowest BCUT2D eigenvalue weighted by molar-refractivity contribution is 1.23. The number of aromatic nitrogens is 1. The van der Waals surface area contributed by atoms with Crippen LogP contribution in [-0.2, 0) is 5.75 Å². The largest absolute Gasteiger partial charge is 0.377 e. The molecule has 6 heteroatoms. The summed E-state index contributed by atoms with van der Waals surface area (Å²) >= 11 is 3.01. The lowest BCUT2D eigenvalue weighted by Crippen LogP contribution is -2.09. The van der Waals surface area contributed by atoms with Crippen molar-refractivity contribution in [3.05, 3.63) is 41.4 Å². The van der Waals surface area contributed by atoms with Crippen LogP contribution in [0.4, 0.5) is 0 Å². The molecule has 0 spiro atoms. The standard InChI is InChI=1S/C11H12N4S2/c12-11(15-13)17-7-9-6-16-10(14-9)8-4-2-1-3-5-8/h1-6H,7,13H2,(H2,12,15). The molecular formula is C11H12N4S2. The summed E-state index contributed by atoms with van der Waals surface area (Å²) in [5, 5.41) is 6.82. The zero-order valence-electron chi connectivity index (χ0n) is 9.04. The number of hydrogen-bond acceptors (Lipinski definition) is 5. The molecule has 4 N–H and O–H groups in total. The molecule has 0 atom stereocenters. The number of thioether (sulfide) groups is 1. The third kappa shape index (κ3) is 3.21. The van der Waals surface area contributed by atoms with Crippen LogP contribution in [0.15, 0.2) is 40.8 Å². The van der Waals surface area contributed by atoms with Gasteiger partial charge < -0.3 is 11.6 Å². The zero-order chi connectivity index (χ0) is 12.1. The summed E-state index contributed by atoms with van der Waals surface area (Å²) in [7, 11) is 0. The molecule has 1 aromatic heterocycles. The van der Waals surface area contributed by atoms with Crippen molar-refractivity contribution in [3.63, 3.8) is 0 Å². The Morgan fingerprint density at radius 3 is 2.82 bits per heavy atom. The van der Waals surface area contributed by atoms with Crippen molar-refractivity contribution < 1.29 is 0 Å². The van der Waals surface area contributed by atoms with Crippen molar-refractivity contribution in [1.29, 1.82) is 0 Å². The maximum absolute atomic E-state index is 5.50. The Hall–Kier alpha value is -1.53. The first-order valence-corrected chi connectivity index (χ1v) is 6.82. The topological polar surface area (TPSA) is 77.3 Å². The van der Waals surface area contributed by atoms with E-state index in [1.807, 2.05) is 35.7 Å². The van der Waals surface area contributed by atoms with Crippen LogP contribution in [0.25, 0.3) is 10.6 Å². The molecule has 0 saturated carbocycles. The maximum atomic E-state index is 5.50. The quantitative estimate of drug-likeness (QED) is 0.386. The van der Waals surface area contributed by atoms with E-state index >= 15 is 0 Å². The fourth-order valence-corrected chi connectivity index (χ4v) is 2.72. The second-order valence-corrected chi connectivity index (χ2v) is 5.12. The number of nitrogens with two attached hydrogens (primary N) is 2. The van der Waals surface area contributed by atoms with Gasteiger partial charge in [0, 0.05) is 16.7 Å². The average Bonchev–Trinajstić information content (AvgIpc) is 2.86. The fraction of sp³-hybridized carbons (Fsp3) is 0.0909. The Balaban J connectivity index is 2.06. The Morgan fingerprint density at radius 1 is 1.35 bits per heavy atom. The molecule has 0 radical (unpaired) electrons. The smallest absolute Gasteiger partial charge is 0.177 e. The van der Waals surface area contributed by atoms with E-state index in [4.69, 9.17) is 11.6 Å². The van der Waals surface area contributed by atoms with Crippen LogP contribution in [0.3, 0.4) is 0 Å². The fourth-order valence-electron chi connectivity index (χ4n) is 1.27. The normalized spacial score (nSPS) is 11.6. The van der Waals surface area contributed by atoms with Crippen LogP contribution < -0.4 is 11.6 Å². The van der Waals surface area contributed by atoms with Gasteiger partial charge in [0.1, 0.15) is 5.01 Å². The summed E-state index contributed by atoms with van der Waals surface area (Å²) in [6.45, 7) is 0. The second-order valence-electron chi connectivity index (χ2n) is 3.27. The first-order valence-electron chi connectivity index (χ1n) is 4.95. The molecule has 1 heterocycles. The van der Waals surface area contributed by atoms with Gasteiger partial charge in [-0.05, 0) is 0 Å². The van der Waals surface area contributed by atoms with Crippen LogP contribution >= 0.6 is 23.1 Å². The predicted molar refractivity (Wildman–Crippen MR) is 74.7 cm³/mol. The van der Waals surface area contributed by atoms with Crippen LogP contribution in [0.5, 0.6) is 0 Å². The van der Waals surface area contributed by atoms with Crippen LogP contribution in [-0.4, -0.2) is 10.2 Å². The third-order valence-corrected chi connectivity index (χ3v) is 3.85. The number of hydrogen-bond donors (Lipinski definition) is 2. The van der Waals surface area contributed by atoms with E-state index in [1.165, 1.54) is 11.8 Å². The Labute approximate surface area is 108 Å². The molecule has 0 aliphatic carbocycles. The second kappa shape index (κ2) is 5.70. The van der Waals surface area contributed by atoms with Crippen LogP contribution in [0, 0.1) is 0 Å². The lowest BCUT2D eigenvalue weighted by Gasteiger charge is -1.96. The van der Waals surface area contributed by atoms with Gasteiger partial charge in [0.25, 0.3) is 0 Å². The summed E-state index contributed by atoms with van der Waals surface area (Å²) in [5.74, 6) is 5.75. The zero-order valence-corrected chi connectivity index (χ0v) is 10.7. The number of benzene rings is 1. The first kappa shape index (κ1) is 11.9. The van der Waals surface area contributed by atoms with E-state index in [9.17, 15) is 0 Å². The van der Waals surface area contributed by atoms with Gasteiger partial charge in [-0.15, -0.1) is 11.3 Å². The Bertz CT molecular complexity index is 507. The van der Waals surface area contributed by atoms with Gasteiger partial charge in [-0.2, -0.15) is 5.10 Å². The summed E-state index contributed by atoms with van der Waals surface area (Å²) < 4.78 is 0. The van der Waals surface area contributed by atoms with Crippen molar-refractivity contribution in [2.45, 2.75) is 5.75 Å². The average molecular weight is 264 g/mol. The van der Waals surface area contributed by atoms with Crippen LogP contribution in [0.2, 0.25) is 0 Å². The van der Waals surface area contributed by atoms with Crippen molar-refractivity contribution in [2.24, 2.45) is 16.7 Å². The van der Waals surface area contributed by atoms with Crippen LogP contribution in [0.1, 0.15) is 5.69 Å². The van der Waals surface area contributed by atoms with Crippen molar-refractivity contribution in [2.75, 3.05) is 0 Å². The monoisotopic (exact) mass is 264 g/mol. The third-order valence-electron chi connectivity index (χ3n) is 2.07. The highest BCUT2D eigenvalue weighted by Gasteiger charge is 2.05. The maximum Gasteiger partial charge on any atom is 0.177 e. The first-order chi connectivity index (χ1) is 8.29. The number of rotatable bonds is 3. The molecule has 4 nitrogen and oxygen atoms in total. The predicted octanol–water partition coefficient (Wildman–Crippen LogP) is 2.23. The van der Waals surface area contributed by atoms with Gasteiger partial charge in [-0.1, -0.05) is 42.1 Å². The van der Waals surface area contributed by atoms with E-state index in [0.717, 1.165) is 16.3 Å². The highest BCUT2D eigenvalue weighted by atomic mass is 32.2.